The van der Waals surface area contributed by atoms with Crippen molar-refractivity contribution in [3.8, 4) is 0 Å². The minimum absolute atomic E-state index is 0.0721. The van der Waals surface area contributed by atoms with Crippen molar-refractivity contribution in [3.05, 3.63) is 11.8 Å². The van der Waals surface area contributed by atoms with Gasteiger partial charge in [0.2, 0.25) is 0 Å². The van der Waals surface area contributed by atoms with E-state index in [4.69, 9.17) is 18.9 Å². The van der Waals surface area contributed by atoms with E-state index in [9.17, 15) is 9.59 Å². The largest absolute Gasteiger partial charge is 0.463 e. The summed E-state index contributed by atoms with van der Waals surface area (Å²) in [5.74, 6) is -0.656. The van der Waals surface area contributed by atoms with Gasteiger partial charge in [0.25, 0.3) is 6.29 Å². The molecule has 2 heterocycles. The maximum atomic E-state index is 12.0. The highest BCUT2D eigenvalue weighted by Gasteiger charge is 2.71. The van der Waals surface area contributed by atoms with Crippen LogP contribution in [0.4, 0.5) is 4.79 Å². The lowest BCUT2D eigenvalue weighted by molar-refractivity contribution is -0.151. The molecule has 0 aromatic carbocycles. The maximum Gasteiger partial charge on any atom is 0.409 e. The number of ether oxygens (including phenoxy) is 4. The molecule has 1 N–H and O–H groups in total. The van der Waals surface area contributed by atoms with Gasteiger partial charge in [-0.2, -0.15) is 0 Å². The lowest BCUT2D eigenvalue weighted by Crippen LogP contribution is -2.44. The number of hydrogen-bond acceptors (Lipinski definition) is 6. The van der Waals surface area contributed by atoms with Crippen molar-refractivity contribution in [2.24, 2.45) is 11.8 Å². The van der Waals surface area contributed by atoms with E-state index in [1.165, 1.54) is 13.3 Å². The molecule has 7 heteroatoms. The quantitative estimate of drug-likeness (QED) is 0.616. The van der Waals surface area contributed by atoms with Crippen LogP contribution in [0.2, 0.25) is 0 Å². The second-order valence-electron chi connectivity index (χ2n) is 5.61. The highest BCUT2D eigenvalue weighted by molar-refractivity contribution is 5.89. The standard InChI is InChI=1S/C14H19NO6/c1-4-18-11(16)8-6-19-12(20-13(17)15-3)10-7(8)5-9-14(10,2)21-9/h6-7,9-10,12H,4-5H2,1-3H3,(H,15,17)/t7-,9+,10-,12+,14+/m1/s1. The highest BCUT2D eigenvalue weighted by atomic mass is 16.7. The molecule has 0 aromatic heterocycles. The Kier molecular flexibility index (Phi) is 3.32. The molecule has 7 nitrogen and oxygen atoms in total. The topological polar surface area (TPSA) is 86.4 Å². The highest BCUT2D eigenvalue weighted by Crippen LogP contribution is 2.60. The van der Waals surface area contributed by atoms with E-state index in [-0.39, 0.29) is 23.9 Å². The third kappa shape index (κ3) is 2.16. The first-order chi connectivity index (χ1) is 10.0. The normalized spacial score (nSPS) is 39.3. The van der Waals surface area contributed by atoms with Gasteiger partial charge in [0.1, 0.15) is 5.60 Å². The molecule has 3 aliphatic rings. The summed E-state index contributed by atoms with van der Waals surface area (Å²) in [6.07, 6.45) is 0.816. The average molecular weight is 297 g/mol. The Balaban J connectivity index is 1.83. The second kappa shape index (κ2) is 4.91. The van der Waals surface area contributed by atoms with Gasteiger partial charge in [-0.05, 0) is 20.3 Å². The number of esters is 1. The minimum atomic E-state index is -0.759. The zero-order valence-corrected chi connectivity index (χ0v) is 12.3. The number of nitrogens with one attached hydrogen (secondary N) is 1. The van der Waals surface area contributed by atoms with Crippen LogP contribution >= 0.6 is 0 Å². The fourth-order valence-corrected chi connectivity index (χ4v) is 3.40. The average Bonchev–Trinajstić information content (AvgIpc) is 3.01. The molecule has 1 saturated heterocycles. The number of fused-ring (bicyclic) bond motifs is 3. The zero-order chi connectivity index (χ0) is 15.2. The fourth-order valence-electron chi connectivity index (χ4n) is 3.40. The van der Waals surface area contributed by atoms with Crippen molar-refractivity contribution in [1.29, 1.82) is 0 Å². The smallest absolute Gasteiger partial charge is 0.409 e. The van der Waals surface area contributed by atoms with Gasteiger partial charge in [-0.3, -0.25) is 0 Å². The Morgan fingerprint density at radius 1 is 1.52 bits per heavy atom. The van der Waals surface area contributed by atoms with Gasteiger partial charge in [-0.1, -0.05) is 0 Å². The first-order valence-electron chi connectivity index (χ1n) is 7.10. The number of rotatable bonds is 3. The van der Waals surface area contributed by atoms with E-state index in [2.05, 4.69) is 5.32 Å². The summed E-state index contributed by atoms with van der Waals surface area (Å²) in [5.41, 5.74) is 0.0886. The van der Waals surface area contributed by atoms with Crippen LogP contribution in [0.15, 0.2) is 11.8 Å². The van der Waals surface area contributed by atoms with Crippen molar-refractivity contribution in [2.45, 2.75) is 38.3 Å². The molecule has 3 rings (SSSR count). The Bertz CT molecular complexity index is 504. The summed E-state index contributed by atoms with van der Waals surface area (Å²) >= 11 is 0. The summed E-state index contributed by atoms with van der Waals surface area (Å²) in [7, 11) is 1.48. The van der Waals surface area contributed by atoms with Crippen molar-refractivity contribution in [3.63, 3.8) is 0 Å². The minimum Gasteiger partial charge on any atom is -0.463 e. The third-order valence-corrected chi connectivity index (χ3v) is 4.50. The number of amides is 1. The maximum absolute atomic E-state index is 12.0. The first-order valence-corrected chi connectivity index (χ1v) is 7.10. The molecule has 1 aliphatic carbocycles. The first kappa shape index (κ1) is 14.2. The SMILES string of the molecule is CCOC(=O)C1=CO[C@@H](OC(=O)NC)[C@H]2[C@@H]1C[C@@H]1O[C@]21C. The molecule has 5 atom stereocenters. The van der Waals surface area contributed by atoms with Crippen LogP contribution in [-0.4, -0.2) is 43.7 Å². The van der Waals surface area contributed by atoms with Gasteiger partial charge in [0.15, 0.2) is 0 Å². The van der Waals surface area contributed by atoms with Crippen LogP contribution in [0.5, 0.6) is 0 Å². The van der Waals surface area contributed by atoms with Gasteiger partial charge >= 0.3 is 12.1 Å². The van der Waals surface area contributed by atoms with Crippen LogP contribution in [-0.2, 0) is 23.7 Å². The monoisotopic (exact) mass is 297 g/mol. The molecule has 0 aromatic rings. The van der Waals surface area contributed by atoms with Gasteiger partial charge in [0.05, 0.1) is 30.5 Å². The summed E-state index contributed by atoms with van der Waals surface area (Å²) in [6.45, 7) is 4.02. The lowest BCUT2D eigenvalue weighted by atomic mass is 9.82. The molecule has 2 aliphatic heterocycles. The van der Waals surface area contributed by atoms with E-state index in [0.717, 1.165) is 0 Å². The van der Waals surface area contributed by atoms with E-state index < -0.39 is 18.0 Å². The number of epoxide rings is 1. The zero-order valence-electron chi connectivity index (χ0n) is 12.3. The van der Waals surface area contributed by atoms with E-state index in [1.807, 2.05) is 6.92 Å². The van der Waals surface area contributed by atoms with Crippen LogP contribution in [0.1, 0.15) is 20.3 Å². The Morgan fingerprint density at radius 3 is 2.95 bits per heavy atom. The Labute approximate surface area is 122 Å². The lowest BCUT2D eigenvalue weighted by Gasteiger charge is -2.35. The summed E-state index contributed by atoms with van der Waals surface area (Å²) < 4.78 is 21.5. The van der Waals surface area contributed by atoms with Crippen LogP contribution < -0.4 is 5.32 Å². The molecule has 21 heavy (non-hydrogen) atoms. The molecule has 1 amide bonds. The predicted molar refractivity (Wildman–Crippen MR) is 70.0 cm³/mol. The van der Waals surface area contributed by atoms with Crippen LogP contribution in [0.25, 0.3) is 0 Å². The van der Waals surface area contributed by atoms with E-state index in [0.29, 0.717) is 18.6 Å². The van der Waals surface area contributed by atoms with Gasteiger partial charge in [0, 0.05) is 13.0 Å². The van der Waals surface area contributed by atoms with Crippen molar-refractivity contribution < 1.29 is 28.5 Å². The molecular weight excluding hydrogens is 278 g/mol. The number of alkyl carbamates (subject to hydrolysis) is 1. The van der Waals surface area contributed by atoms with E-state index >= 15 is 0 Å². The van der Waals surface area contributed by atoms with Gasteiger partial charge in [-0.15, -0.1) is 0 Å². The number of carbonyl (C=O) groups is 2. The summed E-state index contributed by atoms with van der Waals surface area (Å²) in [6, 6.07) is 0. The molecule has 0 unspecified atom stereocenters. The Morgan fingerprint density at radius 2 is 2.29 bits per heavy atom. The molecule has 1 saturated carbocycles. The molecule has 0 bridgehead atoms. The summed E-state index contributed by atoms with van der Waals surface area (Å²) in [4.78, 5) is 23.5. The molecular formula is C14H19NO6. The number of hydrogen-bond donors (Lipinski definition) is 1. The van der Waals surface area contributed by atoms with Crippen molar-refractivity contribution in [2.75, 3.05) is 13.7 Å². The molecule has 0 radical (unpaired) electrons. The van der Waals surface area contributed by atoms with Crippen molar-refractivity contribution >= 4 is 12.1 Å². The molecule has 2 fully saturated rings. The van der Waals surface area contributed by atoms with Crippen LogP contribution in [0, 0.1) is 11.8 Å². The van der Waals surface area contributed by atoms with Gasteiger partial charge < -0.3 is 24.3 Å². The van der Waals surface area contributed by atoms with Crippen LogP contribution in [0.3, 0.4) is 0 Å². The summed E-state index contributed by atoms with van der Waals surface area (Å²) in [5, 5.41) is 2.39. The third-order valence-electron chi connectivity index (χ3n) is 4.50. The molecule has 0 spiro atoms. The number of carbonyl (C=O) groups excluding carboxylic acids is 2. The van der Waals surface area contributed by atoms with Crippen molar-refractivity contribution in [1.82, 2.24) is 5.32 Å². The Hall–Kier alpha value is -1.76. The van der Waals surface area contributed by atoms with Gasteiger partial charge in [-0.25, -0.2) is 9.59 Å². The second-order valence-corrected chi connectivity index (χ2v) is 5.61. The predicted octanol–water partition coefficient (Wildman–Crippen LogP) is 0.939. The molecule has 116 valence electrons. The van der Waals surface area contributed by atoms with E-state index in [1.54, 1.807) is 6.92 Å². The fraction of sp³-hybridized carbons (Fsp3) is 0.714.